The van der Waals surface area contributed by atoms with Crippen molar-refractivity contribution in [1.29, 1.82) is 0 Å². The number of nitrogens with one attached hydrogen (secondary N) is 1. The third kappa shape index (κ3) is 5.90. The number of rotatable bonds is 7. The van der Waals surface area contributed by atoms with Crippen LogP contribution >= 0.6 is 0 Å². The molecule has 3 N–H and O–H groups in total. The summed E-state index contributed by atoms with van der Waals surface area (Å²) in [4.78, 5) is 25.4. The van der Waals surface area contributed by atoms with Crippen LogP contribution < -0.4 is 11.1 Å². The van der Waals surface area contributed by atoms with Crippen molar-refractivity contribution in [2.45, 2.75) is 38.3 Å². The van der Waals surface area contributed by atoms with Crippen LogP contribution in [0.1, 0.15) is 31.2 Å². The molecule has 6 heteroatoms. The highest BCUT2D eigenvalue weighted by Gasteiger charge is 2.23. The molecule has 0 radical (unpaired) electrons. The molecule has 1 atom stereocenters. The summed E-state index contributed by atoms with van der Waals surface area (Å²) in [5, 5.41) is 2.68. The zero-order valence-electron chi connectivity index (χ0n) is 13.4. The van der Waals surface area contributed by atoms with E-state index in [4.69, 9.17) is 10.5 Å². The highest BCUT2D eigenvalue weighted by atomic mass is 16.5. The van der Waals surface area contributed by atoms with E-state index in [9.17, 15) is 9.59 Å². The number of hydrogen-bond acceptors (Lipinski definition) is 4. The van der Waals surface area contributed by atoms with Crippen LogP contribution in [0.5, 0.6) is 0 Å². The maximum Gasteiger partial charge on any atom is 0.407 e. The smallest absolute Gasteiger partial charge is 0.407 e. The average molecular weight is 319 g/mol. The second-order valence-corrected chi connectivity index (χ2v) is 5.77. The molecule has 2 amide bonds. The molecule has 2 rings (SSSR count). The van der Waals surface area contributed by atoms with Gasteiger partial charge in [0.1, 0.15) is 6.61 Å². The zero-order valence-corrected chi connectivity index (χ0v) is 13.4. The van der Waals surface area contributed by atoms with Gasteiger partial charge >= 0.3 is 6.09 Å². The fourth-order valence-electron chi connectivity index (χ4n) is 2.58. The Balaban J connectivity index is 1.55. The van der Waals surface area contributed by atoms with E-state index in [0.717, 1.165) is 31.5 Å². The Morgan fingerprint density at radius 3 is 2.61 bits per heavy atom. The minimum atomic E-state index is -0.477. The Morgan fingerprint density at radius 2 is 1.91 bits per heavy atom. The van der Waals surface area contributed by atoms with E-state index in [1.54, 1.807) is 0 Å². The fourth-order valence-corrected chi connectivity index (χ4v) is 2.58. The van der Waals surface area contributed by atoms with Gasteiger partial charge in [-0.15, -0.1) is 0 Å². The van der Waals surface area contributed by atoms with Crippen molar-refractivity contribution in [3.63, 3.8) is 0 Å². The van der Waals surface area contributed by atoms with Crippen molar-refractivity contribution < 1.29 is 14.3 Å². The average Bonchev–Trinajstić information content (AvgIpc) is 3.11. The van der Waals surface area contributed by atoms with Gasteiger partial charge in [-0.25, -0.2) is 4.79 Å². The number of amides is 2. The number of ether oxygens (including phenoxy) is 1. The second-order valence-electron chi connectivity index (χ2n) is 5.77. The molecule has 1 saturated heterocycles. The summed E-state index contributed by atoms with van der Waals surface area (Å²) in [6, 6.07) is 9.03. The zero-order chi connectivity index (χ0) is 16.5. The first-order chi connectivity index (χ1) is 11.2. The number of likely N-dealkylation sites (tertiary alicyclic amines) is 1. The van der Waals surface area contributed by atoms with Crippen LogP contribution in [-0.2, 0) is 16.1 Å². The summed E-state index contributed by atoms with van der Waals surface area (Å²) in [5.74, 6) is 0.0224. The van der Waals surface area contributed by atoms with Crippen LogP contribution in [0.3, 0.4) is 0 Å². The van der Waals surface area contributed by atoms with Crippen molar-refractivity contribution in [3.05, 3.63) is 35.9 Å². The lowest BCUT2D eigenvalue weighted by molar-refractivity contribution is -0.131. The Morgan fingerprint density at radius 1 is 1.22 bits per heavy atom. The Labute approximate surface area is 137 Å². The summed E-state index contributed by atoms with van der Waals surface area (Å²) in [6.07, 6.45) is 2.89. The SMILES string of the molecule is NC(CCCNC(=O)OCc1ccccc1)C(=O)N1CCCC1. The number of carbonyl (C=O) groups excluding carboxylic acids is 2. The van der Waals surface area contributed by atoms with Crippen LogP contribution in [0.25, 0.3) is 0 Å². The summed E-state index contributed by atoms with van der Waals surface area (Å²) < 4.78 is 5.11. The molecule has 1 heterocycles. The van der Waals surface area contributed by atoms with Gasteiger partial charge in [-0.1, -0.05) is 30.3 Å². The molecular weight excluding hydrogens is 294 g/mol. The molecule has 126 valence electrons. The molecule has 1 aliphatic heterocycles. The minimum Gasteiger partial charge on any atom is -0.445 e. The van der Waals surface area contributed by atoms with Crippen LogP contribution in [0.2, 0.25) is 0 Å². The molecule has 0 aliphatic carbocycles. The van der Waals surface area contributed by atoms with Crippen LogP contribution in [-0.4, -0.2) is 42.6 Å². The van der Waals surface area contributed by atoms with Gasteiger partial charge in [-0.2, -0.15) is 0 Å². The van der Waals surface area contributed by atoms with E-state index in [1.807, 2.05) is 35.2 Å². The first kappa shape index (κ1) is 17.3. The second kappa shape index (κ2) is 9.15. The van der Waals surface area contributed by atoms with Gasteiger partial charge < -0.3 is 20.7 Å². The molecule has 0 saturated carbocycles. The lowest BCUT2D eigenvalue weighted by Crippen LogP contribution is -2.42. The van der Waals surface area contributed by atoms with Crippen molar-refractivity contribution in [1.82, 2.24) is 10.2 Å². The molecule has 0 bridgehead atoms. The predicted molar refractivity (Wildman–Crippen MR) is 87.7 cm³/mol. The van der Waals surface area contributed by atoms with E-state index in [1.165, 1.54) is 0 Å². The van der Waals surface area contributed by atoms with E-state index >= 15 is 0 Å². The van der Waals surface area contributed by atoms with Crippen LogP contribution in [0, 0.1) is 0 Å². The molecule has 1 unspecified atom stereocenters. The number of carbonyl (C=O) groups is 2. The summed E-state index contributed by atoms with van der Waals surface area (Å²) >= 11 is 0. The van der Waals surface area contributed by atoms with Gasteiger partial charge in [-0.3, -0.25) is 4.79 Å². The molecule has 1 aromatic rings. The minimum absolute atomic E-state index is 0.0224. The lowest BCUT2D eigenvalue weighted by atomic mass is 10.1. The van der Waals surface area contributed by atoms with Gasteiger partial charge in [0.15, 0.2) is 0 Å². The maximum atomic E-state index is 12.0. The molecule has 23 heavy (non-hydrogen) atoms. The number of nitrogens with zero attached hydrogens (tertiary/aromatic N) is 1. The fraction of sp³-hybridized carbons (Fsp3) is 0.529. The Kier molecular flexibility index (Phi) is 6.87. The Bertz CT molecular complexity index is 501. The Hall–Kier alpha value is -2.08. The van der Waals surface area contributed by atoms with E-state index in [2.05, 4.69) is 5.32 Å². The highest BCUT2D eigenvalue weighted by Crippen LogP contribution is 2.10. The largest absolute Gasteiger partial charge is 0.445 e. The van der Waals surface area contributed by atoms with Gasteiger partial charge in [-0.05, 0) is 31.2 Å². The summed E-state index contributed by atoms with van der Waals surface area (Å²) in [7, 11) is 0. The highest BCUT2D eigenvalue weighted by molar-refractivity contribution is 5.81. The summed E-state index contributed by atoms with van der Waals surface area (Å²) in [5.41, 5.74) is 6.86. The predicted octanol–water partition coefficient (Wildman–Crippen LogP) is 1.64. The van der Waals surface area contributed by atoms with Crippen molar-refractivity contribution >= 4 is 12.0 Å². The van der Waals surface area contributed by atoms with Crippen molar-refractivity contribution in [2.75, 3.05) is 19.6 Å². The quantitative estimate of drug-likeness (QED) is 0.748. The third-order valence-corrected chi connectivity index (χ3v) is 3.91. The number of benzene rings is 1. The van der Waals surface area contributed by atoms with Gasteiger partial charge in [0.25, 0.3) is 0 Å². The van der Waals surface area contributed by atoms with Gasteiger partial charge in [0.05, 0.1) is 6.04 Å². The van der Waals surface area contributed by atoms with Crippen molar-refractivity contribution in [2.24, 2.45) is 5.73 Å². The lowest BCUT2D eigenvalue weighted by Gasteiger charge is -2.20. The molecular formula is C17H25N3O3. The van der Waals surface area contributed by atoms with Crippen LogP contribution in [0.4, 0.5) is 4.79 Å². The number of alkyl carbamates (subject to hydrolysis) is 1. The van der Waals surface area contributed by atoms with E-state index in [0.29, 0.717) is 19.4 Å². The molecule has 1 aromatic carbocycles. The van der Waals surface area contributed by atoms with Gasteiger partial charge in [0.2, 0.25) is 5.91 Å². The first-order valence-corrected chi connectivity index (χ1v) is 8.16. The molecule has 1 fully saturated rings. The molecule has 1 aliphatic rings. The third-order valence-electron chi connectivity index (χ3n) is 3.91. The number of nitrogens with two attached hydrogens (primary N) is 1. The molecule has 0 spiro atoms. The topological polar surface area (TPSA) is 84.7 Å². The number of hydrogen-bond donors (Lipinski definition) is 2. The van der Waals surface area contributed by atoms with Crippen molar-refractivity contribution in [3.8, 4) is 0 Å². The summed E-state index contributed by atoms with van der Waals surface area (Å²) in [6.45, 7) is 2.33. The van der Waals surface area contributed by atoms with E-state index < -0.39 is 12.1 Å². The molecule has 0 aromatic heterocycles. The maximum absolute atomic E-state index is 12.0. The standard InChI is InChI=1S/C17H25N3O3/c18-15(16(21)20-11-4-5-12-20)9-6-10-19-17(22)23-13-14-7-2-1-3-8-14/h1-3,7-8,15H,4-6,9-13,18H2,(H,19,22). The van der Waals surface area contributed by atoms with E-state index in [-0.39, 0.29) is 12.5 Å². The van der Waals surface area contributed by atoms with Crippen LogP contribution in [0.15, 0.2) is 30.3 Å². The van der Waals surface area contributed by atoms with Gasteiger partial charge in [0, 0.05) is 19.6 Å². The molecule has 6 nitrogen and oxygen atoms in total. The normalized spacial score (nSPS) is 15.3. The monoisotopic (exact) mass is 319 g/mol. The first-order valence-electron chi connectivity index (χ1n) is 8.16.